The molecule has 0 saturated heterocycles. The van der Waals surface area contributed by atoms with Gasteiger partial charge in [0.25, 0.3) is 0 Å². The molecule has 3 rings (SSSR count). The Kier molecular flexibility index (Phi) is 6.80. The van der Waals surface area contributed by atoms with Crippen LogP contribution in [0.25, 0.3) is 0 Å². The lowest BCUT2D eigenvalue weighted by Crippen LogP contribution is -2.51. The molecule has 3 fully saturated rings. The second-order valence-electron chi connectivity index (χ2n) is 7.32. The summed E-state index contributed by atoms with van der Waals surface area (Å²) in [5.74, 6) is 0. The van der Waals surface area contributed by atoms with Gasteiger partial charge in [-0.05, 0) is 38.5 Å². The van der Waals surface area contributed by atoms with Gasteiger partial charge in [-0.15, -0.1) is 0 Å². The lowest BCUT2D eigenvalue weighted by atomic mass is 9.84. The third-order valence-electron chi connectivity index (χ3n) is 5.99. The SMILES string of the molecule is C1CCC(N(C2CCCCC2)C2CCCCC2)CC1.F. The first-order valence-electron chi connectivity index (χ1n) is 9.22. The van der Waals surface area contributed by atoms with E-state index in [9.17, 15) is 0 Å². The molecule has 0 radical (unpaired) electrons. The summed E-state index contributed by atoms with van der Waals surface area (Å²) in [7, 11) is 0. The zero-order chi connectivity index (χ0) is 12.9. The molecule has 3 aliphatic carbocycles. The van der Waals surface area contributed by atoms with Gasteiger partial charge in [0.2, 0.25) is 0 Å². The lowest BCUT2D eigenvalue weighted by Gasteiger charge is -2.47. The molecule has 0 aliphatic heterocycles. The molecule has 0 aromatic carbocycles. The van der Waals surface area contributed by atoms with Gasteiger partial charge in [-0.1, -0.05) is 57.8 Å². The number of hydrogen-bond acceptors (Lipinski definition) is 1. The fourth-order valence-corrected chi connectivity index (χ4v) is 5.03. The molecule has 0 spiro atoms. The third-order valence-corrected chi connectivity index (χ3v) is 5.99. The van der Waals surface area contributed by atoms with E-state index in [0.717, 1.165) is 18.1 Å². The van der Waals surface area contributed by atoms with Gasteiger partial charge in [0.05, 0.1) is 0 Å². The summed E-state index contributed by atoms with van der Waals surface area (Å²) in [5.41, 5.74) is 0. The molecule has 2 heteroatoms. The highest BCUT2D eigenvalue weighted by molar-refractivity contribution is 4.89. The van der Waals surface area contributed by atoms with Gasteiger partial charge in [-0.25, -0.2) is 0 Å². The predicted octanol–water partition coefficient (Wildman–Crippen LogP) is 5.44. The van der Waals surface area contributed by atoms with Crippen molar-refractivity contribution in [3.05, 3.63) is 0 Å². The molecule has 118 valence electrons. The Labute approximate surface area is 124 Å². The normalized spacial score (nSPS) is 27.4. The van der Waals surface area contributed by atoms with Crippen molar-refractivity contribution in [3.63, 3.8) is 0 Å². The average molecular weight is 283 g/mol. The molecule has 0 N–H and O–H groups in total. The van der Waals surface area contributed by atoms with E-state index in [1.807, 2.05) is 0 Å². The Morgan fingerprint density at radius 1 is 0.400 bits per heavy atom. The predicted molar refractivity (Wildman–Crippen MR) is 85.0 cm³/mol. The van der Waals surface area contributed by atoms with Crippen LogP contribution in [0.2, 0.25) is 0 Å². The van der Waals surface area contributed by atoms with Crippen molar-refractivity contribution >= 4 is 0 Å². The first-order valence-corrected chi connectivity index (χ1v) is 9.22. The van der Waals surface area contributed by atoms with Crippen LogP contribution in [0.3, 0.4) is 0 Å². The van der Waals surface area contributed by atoms with Crippen LogP contribution in [0.4, 0.5) is 4.70 Å². The van der Waals surface area contributed by atoms with Crippen LogP contribution in [0.15, 0.2) is 0 Å². The zero-order valence-corrected chi connectivity index (χ0v) is 13.2. The highest BCUT2D eigenvalue weighted by atomic mass is 19.0. The maximum atomic E-state index is 3.08. The standard InChI is InChI=1S/C18H33N.FH/c1-4-10-16(11-5-1)19(17-12-6-2-7-13-17)18-14-8-3-9-15-18;/h16-18H,1-15H2;1H. The molecule has 0 heterocycles. The van der Waals surface area contributed by atoms with E-state index in [1.165, 1.54) is 96.3 Å². The minimum absolute atomic E-state index is 0. The number of rotatable bonds is 3. The van der Waals surface area contributed by atoms with Crippen molar-refractivity contribution in [2.45, 2.75) is 114 Å². The van der Waals surface area contributed by atoms with Crippen LogP contribution in [-0.2, 0) is 0 Å². The first-order chi connectivity index (χ1) is 9.45. The summed E-state index contributed by atoms with van der Waals surface area (Å²) in [5, 5.41) is 0. The Morgan fingerprint density at radius 3 is 0.900 bits per heavy atom. The second kappa shape index (κ2) is 8.36. The monoisotopic (exact) mass is 283 g/mol. The van der Waals surface area contributed by atoms with Gasteiger partial charge in [-0.2, -0.15) is 0 Å². The van der Waals surface area contributed by atoms with Crippen LogP contribution in [-0.4, -0.2) is 23.0 Å². The number of halogens is 1. The van der Waals surface area contributed by atoms with Crippen molar-refractivity contribution in [1.29, 1.82) is 0 Å². The Bertz CT molecular complexity index is 207. The van der Waals surface area contributed by atoms with Crippen molar-refractivity contribution in [3.8, 4) is 0 Å². The van der Waals surface area contributed by atoms with Crippen LogP contribution >= 0.6 is 0 Å². The van der Waals surface area contributed by atoms with Crippen molar-refractivity contribution in [2.24, 2.45) is 0 Å². The topological polar surface area (TPSA) is 3.24 Å². The maximum Gasteiger partial charge on any atom is 0.0101 e. The first kappa shape index (κ1) is 16.3. The van der Waals surface area contributed by atoms with Gasteiger partial charge in [0.1, 0.15) is 0 Å². The van der Waals surface area contributed by atoms with Gasteiger partial charge < -0.3 is 0 Å². The molecule has 0 bridgehead atoms. The molecule has 1 nitrogen and oxygen atoms in total. The molecule has 3 saturated carbocycles. The van der Waals surface area contributed by atoms with E-state index in [0.29, 0.717) is 0 Å². The Hall–Kier alpha value is -0.110. The Morgan fingerprint density at radius 2 is 0.650 bits per heavy atom. The fourth-order valence-electron chi connectivity index (χ4n) is 5.03. The minimum atomic E-state index is 0. The van der Waals surface area contributed by atoms with Crippen LogP contribution in [0.1, 0.15) is 96.3 Å². The van der Waals surface area contributed by atoms with Gasteiger partial charge in [0, 0.05) is 18.1 Å². The van der Waals surface area contributed by atoms with Gasteiger partial charge in [0.15, 0.2) is 0 Å². The quantitative estimate of drug-likeness (QED) is 0.666. The Balaban J connectivity index is 0.00000147. The fraction of sp³-hybridized carbons (Fsp3) is 1.00. The molecular formula is C18H34FN. The van der Waals surface area contributed by atoms with Crippen molar-refractivity contribution in [1.82, 2.24) is 4.90 Å². The van der Waals surface area contributed by atoms with E-state index in [-0.39, 0.29) is 4.70 Å². The molecule has 3 aliphatic rings. The summed E-state index contributed by atoms with van der Waals surface area (Å²) < 4.78 is 0. The third kappa shape index (κ3) is 3.96. The summed E-state index contributed by atoms with van der Waals surface area (Å²) in [4.78, 5) is 3.08. The molecule has 0 aromatic rings. The molecule has 0 atom stereocenters. The van der Waals surface area contributed by atoms with Gasteiger partial charge in [-0.3, -0.25) is 9.60 Å². The average Bonchev–Trinajstić information content (AvgIpc) is 2.51. The van der Waals surface area contributed by atoms with E-state index in [2.05, 4.69) is 4.90 Å². The van der Waals surface area contributed by atoms with E-state index in [1.54, 1.807) is 0 Å². The number of hydrogen-bond donors (Lipinski definition) is 0. The van der Waals surface area contributed by atoms with Crippen molar-refractivity contribution < 1.29 is 4.70 Å². The summed E-state index contributed by atoms with van der Waals surface area (Å²) >= 11 is 0. The van der Waals surface area contributed by atoms with Gasteiger partial charge >= 0.3 is 0 Å². The molecule has 0 unspecified atom stereocenters. The van der Waals surface area contributed by atoms with Crippen LogP contribution in [0, 0.1) is 0 Å². The smallest absolute Gasteiger partial charge is 0.0101 e. The lowest BCUT2D eigenvalue weighted by molar-refractivity contribution is 0.0221. The molecule has 0 aromatic heterocycles. The number of nitrogens with zero attached hydrogens (tertiary/aromatic N) is 1. The van der Waals surface area contributed by atoms with Crippen molar-refractivity contribution in [2.75, 3.05) is 0 Å². The molecule has 0 amide bonds. The van der Waals surface area contributed by atoms with Crippen LogP contribution in [0.5, 0.6) is 0 Å². The maximum absolute atomic E-state index is 3.08. The largest absolute Gasteiger partial charge is 0.294 e. The highest BCUT2D eigenvalue weighted by Crippen LogP contribution is 2.35. The summed E-state index contributed by atoms with van der Waals surface area (Å²) in [6.45, 7) is 0. The molecular weight excluding hydrogens is 249 g/mol. The van der Waals surface area contributed by atoms with Crippen LogP contribution < -0.4 is 0 Å². The summed E-state index contributed by atoms with van der Waals surface area (Å²) in [6, 6.07) is 2.87. The van der Waals surface area contributed by atoms with E-state index >= 15 is 0 Å². The second-order valence-corrected chi connectivity index (χ2v) is 7.32. The summed E-state index contributed by atoms with van der Waals surface area (Å²) in [6.07, 6.45) is 22.5. The van der Waals surface area contributed by atoms with E-state index < -0.39 is 0 Å². The highest BCUT2D eigenvalue weighted by Gasteiger charge is 2.34. The molecule has 20 heavy (non-hydrogen) atoms. The van der Waals surface area contributed by atoms with E-state index in [4.69, 9.17) is 0 Å². The zero-order valence-electron chi connectivity index (χ0n) is 13.2. The minimum Gasteiger partial charge on any atom is -0.294 e.